The van der Waals surface area contributed by atoms with Gasteiger partial charge in [-0.3, -0.25) is 9.59 Å². The van der Waals surface area contributed by atoms with Gasteiger partial charge in [0.1, 0.15) is 0 Å². The van der Waals surface area contributed by atoms with Gasteiger partial charge in [0, 0.05) is 31.7 Å². The van der Waals surface area contributed by atoms with Crippen LogP contribution in [0, 0.1) is 0 Å². The molecular formula is C15H21N3O2. The topological polar surface area (TPSA) is 61.4 Å². The van der Waals surface area contributed by atoms with E-state index in [1.54, 1.807) is 7.05 Å². The molecule has 0 aromatic heterocycles. The van der Waals surface area contributed by atoms with Gasteiger partial charge in [0.05, 0.1) is 6.54 Å². The number of fused-ring (bicyclic) bond motifs is 1. The van der Waals surface area contributed by atoms with Crippen molar-refractivity contribution >= 4 is 11.8 Å². The average Bonchev–Trinajstić information content (AvgIpc) is 2.83. The Hall–Kier alpha value is -1.88. The molecule has 1 heterocycles. The zero-order valence-electron chi connectivity index (χ0n) is 12.2. The SMILES string of the molecule is CC(C)NC(=O)CN(C)C(=O)c1ccc2c(c1)CNC2. The maximum atomic E-state index is 12.3. The molecule has 1 aliphatic heterocycles. The molecule has 5 heteroatoms. The summed E-state index contributed by atoms with van der Waals surface area (Å²) >= 11 is 0. The van der Waals surface area contributed by atoms with Gasteiger partial charge in [-0.15, -0.1) is 0 Å². The third-order valence-electron chi connectivity index (χ3n) is 3.26. The fourth-order valence-electron chi connectivity index (χ4n) is 2.30. The minimum absolute atomic E-state index is 0.0757. The molecule has 1 aromatic carbocycles. The molecule has 108 valence electrons. The van der Waals surface area contributed by atoms with Crippen LogP contribution in [0.5, 0.6) is 0 Å². The van der Waals surface area contributed by atoms with E-state index in [2.05, 4.69) is 10.6 Å². The number of hydrogen-bond acceptors (Lipinski definition) is 3. The van der Waals surface area contributed by atoms with E-state index in [0.717, 1.165) is 18.7 Å². The lowest BCUT2D eigenvalue weighted by molar-refractivity contribution is -0.122. The molecular weight excluding hydrogens is 254 g/mol. The Labute approximate surface area is 119 Å². The summed E-state index contributed by atoms with van der Waals surface area (Å²) in [6.45, 7) is 5.53. The fourth-order valence-corrected chi connectivity index (χ4v) is 2.30. The second kappa shape index (κ2) is 6.05. The number of rotatable bonds is 4. The Morgan fingerprint density at radius 1 is 1.30 bits per heavy atom. The molecule has 5 nitrogen and oxygen atoms in total. The molecule has 2 N–H and O–H groups in total. The average molecular weight is 275 g/mol. The summed E-state index contributed by atoms with van der Waals surface area (Å²) < 4.78 is 0. The number of carbonyl (C=O) groups excluding carboxylic acids is 2. The van der Waals surface area contributed by atoms with Crippen LogP contribution in [-0.2, 0) is 17.9 Å². The van der Waals surface area contributed by atoms with Crippen LogP contribution in [0.4, 0.5) is 0 Å². The molecule has 1 aliphatic rings. The maximum absolute atomic E-state index is 12.3. The van der Waals surface area contributed by atoms with Crippen molar-refractivity contribution in [3.8, 4) is 0 Å². The largest absolute Gasteiger partial charge is 0.352 e. The Bertz CT molecular complexity index is 526. The highest BCUT2D eigenvalue weighted by atomic mass is 16.2. The van der Waals surface area contributed by atoms with Crippen molar-refractivity contribution in [2.75, 3.05) is 13.6 Å². The smallest absolute Gasteiger partial charge is 0.254 e. The van der Waals surface area contributed by atoms with Gasteiger partial charge >= 0.3 is 0 Å². The maximum Gasteiger partial charge on any atom is 0.254 e. The molecule has 0 aliphatic carbocycles. The van der Waals surface area contributed by atoms with Gasteiger partial charge in [0.15, 0.2) is 0 Å². The van der Waals surface area contributed by atoms with E-state index in [4.69, 9.17) is 0 Å². The summed E-state index contributed by atoms with van der Waals surface area (Å²) in [4.78, 5) is 25.4. The van der Waals surface area contributed by atoms with Crippen LogP contribution in [-0.4, -0.2) is 36.3 Å². The fraction of sp³-hybridized carbons (Fsp3) is 0.467. The highest BCUT2D eigenvalue weighted by Crippen LogP contribution is 2.17. The van der Waals surface area contributed by atoms with Gasteiger partial charge in [-0.1, -0.05) is 6.07 Å². The van der Waals surface area contributed by atoms with Gasteiger partial charge in [0.25, 0.3) is 5.91 Å². The zero-order chi connectivity index (χ0) is 14.7. The Morgan fingerprint density at radius 3 is 2.70 bits per heavy atom. The number of benzene rings is 1. The highest BCUT2D eigenvalue weighted by molar-refractivity contribution is 5.96. The Kier molecular flexibility index (Phi) is 4.39. The molecule has 20 heavy (non-hydrogen) atoms. The van der Waals surface area contributed by atoms with Crippen LogP contribution < -0.4 is 10.6 Å². The van der Waals surface area contributed by atoms with Crippen molar-refractivity contribution in [2.24, 2.45) is 0 Å². The normalized spacial score (nSPS) is 13.2. The summed E-state index contributed by atoms with van der Waals surface area (Å²) in [7, 11) is 1.65. The van der Waals surface area contributed by atoms with Crippen molar-refractivity contribution in [3.05, 3.63) is 34.9 Å². The molecule has 0 saturated heterocycles. The highest BCUT2D eigenvalue weighted by Gasteiger charge is 2.18. The van der Waals surface area contributed by atoms with E-state index in [9.17, 15) is 9.59 Å². The Morgan fingerprint density at radius 2 is 2.00 bits per heavy atom. The number of likely N-dealkylation sites (N-methyl/N-ethyl adjacent to an activating group) is 1. The summed E-state index contributed by atoms with van der Waals surface area (Å²) in [6.07, 6.45) is 0. The van der Waals surface area contributed by atoms with Crippen molar-refractivity contribution in [2.45, 2.75) is 33.0 Å². The molecule has 0 unspecified atom stereocenters. The summed E-state index contributed by atoms with van der Waals surface area (Å²) in [5.41, 5.74) is 3.03. The van der Waals surface area contributed by atoms with Gasteiger partial charge in [-0.2, -0.15) is 0 Å². The van der Waals surface area contributed by atoms with Crippen molar-refractivity contribution < 1.29 is 9.59 Å². The second-order valence-electron chi connectivity index (χ2n) is 5.47. The van der Waals surface area contributed by atoms with Crippen molar-refractivity contribution in [1.82, 2.24) is 15.5 Å². The molecule has 0 atom stereocenters. The number of nitrogens with zero attached hydrogens (tertiary/aromatic N) is 1. The zero-order valence-corrected chi connectivity index (χ0v) is 12.2. The van der Waals surface area contributed by atoms with Crippen LogP contribution in [0.25, 0.3) is 0 Å². The standard InChI is InChI=1S/C15H21N3O2/c1-10(2)17-14(19)9-18(3)15(20)11-4-5-12-7-16-8-13(12)6-11/h4-6,10,16H,7-9H2,1-3H3,(H,17,19). The summed E-state index contributed by atoms with van der Waals surface area (Å²) in [5.74, 6) is -0.266. The number of carbonyl (C=O) groups is 2. The molecule has 2 amide bonds. The summed E-state index contributed by atoms with van der Waals surface area (Å²) in [5, 5.41) is 6.03. The molecule has 0 spiro atoms. The van der Waals surface area contributed by atoms with E-state index in [1.165, 1.54) is 10.5 Å². The van der Waals surface area contributed by atoms with Crippen LogP contribution in [0.2, 0.25) is 0 Å². The number of hydrogen-bond donors (Lipinski definition) is 2. The summed E-state index contributed by atoms with van der Waals surface area (Å²) in [6, 6.07) is 5.79. The molecule has 1 aromatic rings. The third kappa shape index (κ3) is 3.36. The molecule has 0 fully saturated rings. The first-order valence-corrected chi connectivity index (χ1v) is 6.84. The van der Waals surface area contributed by atoms with E-state index in [-0.39, 0.29) is 24.4 Å². The lowest BCUT2D eigenvalue weighted by atomic mass is 10.1. The molecule has 0 radical (unpaired) electrons. The lowest BCUT2D eigenvalue weighted by Crippen LogP contribution is -2.40. The van der Waals surface area contributed by atoms with Crippen molar-refractivity contribution in [1.29, 1.82) is 0 Å². The minimum Gasteiger partial charge on any atom is -0.352 e. The van der Waals surface area contributed by atoms with Crippen LogP contribution in [0.1, 0.15) is 35.3 Å². The lowest BCUT2D eigenvalue weighted by Gasteiger charge is -2.18. The first-order chi connectivity index (χ1) is 9.47. The minimum atomic E-state index is -0.140. The van der Waals surface area contributed by atoms with Crippen LogP contribution in [0.15, 0.2) is 18.2 Å². The number of nitrogens with one attached hydrogen (secondary N) is 2. The second-order valence-corrected chi connectivity index (χ2v) is 5.47. The van der Waals surface area contributed by atoms with Crippen molar-refractivity contribution in [3.63, 3.8) is 0 Å². The van der Waals surface area contributed by atoms with Gasteiger partial charge in [0.2, 0.25) is 5.91 Å². The predicted molar refractivity (Wildman–Crippen MR) is 77.2 cm³/mol. The first-order valence-electron chi connectivity index (χ1n) is 6.84. The van der Waals surface area contributed by atoms with Crippen LogP contribution >= 0.6 is 0 Å². The predicted octanol–water partition coefficient (Wildman–Crippen LogP) is 0.886. The van der Waals surface area contributed by atoms with E-state index >= 15 is 0 Å². The molecule has 0 bridgehead atoms. The number of amides is 2. The first kappa shape index (κ1) is 14.5. The quantitative estimate of drug-likeness (QED) is 0.858. The molecule has 0 saturated carbocycles. The van der Waals surface area contributed by atoms with Gasteiger partial charge in [-0.05, 0) is 37.1 Å². The van der Waals surface area contributed by atoms with E-state index in [0.29, 0.717) is 5.56 Å². The molecule has 2 rings (SSSR count). The van der Waals surface area contributed by atoms with E-state index < -0.39 is 0 Å². The van der Waals surface area contributed by atoms with Gasteiger partial charge < -0.3 is 15.5 Å². The monoisotopic (exact) mass is 275 g/mol. The van der Waals surface area contributed by atoms with Gasteiger partial charge in [-0.25, -0.2) is 0 Å². The third-order valence-corrected chi connectivity index (χ3v) is 3.26. The van der Waals surface area contributed by atoms with Crippen LogP contribution in [0.3, 0.4) is 0 Å². The Balaban J connectivity index is 2.01. The van der Waals surface area contributed by atoms with E-state index in [1.807, 2.05) is 32.0 Å².